The number of hydrogen-bond acceptors (Lipinski definition) is 14. The third-order valence-electron chi connectivity index (χ3n) is 13.7. The second kappa shape index (κ2) is 17.7. The van der Waals surface area contributed by atoms with Gasteiger partial charge in [0.05, 0.1) is 34.2 Å². The zero-order valence-corrected chi connectivity index (χ0v) is 35.7. The quantitative estimate of drug-likeness (QED) is 0.162. The minimum absolute atomic E-state index is 0.110. The van der Waals surface area contributed by atoms with Crippen LogP contribution in [0.25, 0.3) is 44.6 Å². The number of hydrogen-bond donors (Lipinski definition) is 4. The van der Waals surface area contributed by atoms with Crippen LogP contribution in [0.5, 0.6) is 0 Å². The molecule has 0 amide bonds. The topological polar surface area (TPSA) is 204 Å². The predicted octanol–water partition coefficient (Wildman–Crippen LogP) is 5.06. The summed E-state index contributed by atoms with van der Waals surface area (Å²) in [7, 11) is 4.38. The van der Waals surface area contributed by atoms with Crippen molar-refractivity contribution >= 4 is 45.1 Å². The molecule has 18 heteroatoms. The summed E-state index contributed by atoms with van der Waals surface area (Å²) in [5.41, 5.74) is 27.8. The minimum Gasteiger partial charge on any atom is -0.396 e. The first-order valence-corrected chi connectivity index (χ1v) is 22.0. The first-order valence-electron chi connectivity index (χ1n) is 22.0. The summed E-state index contributed by atoms with van der Waals surface area (Å²) in [5, 5.41) is 11.1. The summed E-state index contributed by atoms with van der Waals surface area (Å²) in [4.78, 5) is 27.4. The third-order valence-corrected chi connectivity index (χ3v) is 13.7. The van der Waals surface area contributed by atoms with Crippen LogP contribution in [0.3, 0.4) is 0 Å². The van der Waals surface area contributed by atoms with E-state index in [1.54, 1.807) is 24.3 Å². The van der Waals surface area contributed by atoms with E-state index in [0.29, 0.717) is 68.3 Å². The maximum atomic E-state index is 14.1. The van der Waals surface area contributed by atoms with E-state index in [9.17, 15) is 8.78 Å². The van der Waals surface area contributed by atoms with Gasteiger partial charge in [0.2, 0.25) is 0 Å². The Morgan fingerprint density at radius 2 is 0.839 bits per heavy atom. The van der Waals surface area contributed by atoms with Crippen molar-refractivity contribution in [2.45, 2.75) is 75.5 Å². The molecule has 4 aromatic heterocycles. The SMILES string of the molecule is CN1CCN(C2CCC(n3nc(-c4ccc(N)c(F)c4)c4c(N)ncnc43)CC2)CC1.CN1CCN(C2CCC(n3nc(-c4ccc(N)c(F)c4)c4c(N)ncnc43)CC2)CC1. The summed E-state index contributed by atoms with van der Waals surface area (Å²) < 4.78 is 32.2. The van der Waals surface area contributed by atoms with Gasteiger partial charge in [0, 0.05) is 75.6 Å². The van der Waals surface area contributed by atoms with Crippen molar-refractivity contribution in [3.63, 3.8) is 0 Å². The maximum absolute atomic E-state index is 14.1. The molecule has 328 valence electrons. The number of piperazine rings is 2. The number of nitrogens with zero attached hydrogens (tertiary/aromatic N) is 12. The Hall–Kier alpha value is -5.56. The van der Waals surface area contributed by atoms with Gasteiger partial charge in [-0.2, -0.15) is 10.2 Å². The molecule has 0 spiro atoms. The number of benzene rings is 2. The van der Waals surface area contributed by atoms with Gasteiger partial charge in [-0.1, -0.05) is 12.1 Å². The van der Waals surface area contributed by atoms with Crippen LogP contribution in [0.1, 0.15) is 63.5 Å². The number of aromatic nitrogens is 8. The van der Waals surface area contributed by atoms with Crippen LogP contribution in [-0.4, -0.2) is 138 Å². The van der Waals surface area contributed by atoms with Crippen LogP contribution in [0.2, 0.25) is 0 Å². The molecule has 6 heterocycles. The zero-order valence-electron chi connectivity index (χ0n) is 35.7. The second-order valence-electron chi connectivity index (χ2n) is 17.6. The highest BCUT2D eigenvalue weighted by Gasteiger charge is 2.33. The molecule has 10 rings (SSSR count). The monoisotopic (exact) mass is 848 g/mol. The molecule has 2 aliphatic heterocycles. The largest absolute Gasteiger partial charge is 0.396 e. The standard InChI is InChI=1S/2C22H29FN8/c2*1-29-8-10-30(11-9-29)15-3-5-16(6-4-15)31-22-19(21(25)26-13-27-22)20(28-31)14-2-7-18(24)17(23)12-14/h2*2,7,12-13,15-16H,3-6,8-11,24H2,1H3,(H2,25,26,27). The summed E-state index contributed by atoms with van der Waals surface area (Å²) in [6, 6.07) is 11.2. The molecule has 4 fully saturated rings. The Labute approximate surface area is 360 Å². The van der Waals surface area contributed by atoms with Gasteiger partial charge in [-0.05, 0) is 89.7 Å². The number of halogens is 2. The lowest BCUT2D eigenvalue weighted by Crippen LogP contribution is -2.49. The fourth-order valence-electron chi connectivity index (χ4n) is 9.96. The van der Waals surface area contributed by atoms with Crippen molar-refractivity contribution in [2.75, 3.05) is 89.4 Å². The van der Waals surface area contributed by atoms with Crippen molar-refractivity contribution in [2.24, 2.45) is 0 Å². The Bertz CT molecular complexity index is 2330. The van der Waals surface area contributed by atoms with Crippen LogP contribution in [0.4, 0.5) is 31.8 Å². The molecule has 62 heavy (non-hydrogen) atoms. The van der Waals surface area contributed by atoms with E-state index in [0.717, 1.165) is 104 Å². The highest BCUT2D eigenvalue weighted by atomic mass is 19.1. The van der Waals surface area contributed by atoms with Gasteiger partial charge in [0.15, 0.2) is 11.3 Å². The van der Waals surface area contributed by atoms with E-state index in [1.807, 2.05) is 9.36 Å². The number of likely N-dealkylation sites (N-methyl/N-ethyl adjacent to an activating group) is 2. The smallest absolute Gasteiger partial charge is 0.164 e. The van der Waals surface area contributed by atoms with Gasteiger partial charge in [0.25, 0.3) is 0 Å². The lowest BCUT2D eigenvalue weighted by atomic mass is 9.90. The maximum Gasteiger partial charge on any atom is 0.164 e. The number of rotatable bonds is 6. The third kappa shape index (κ3) is 8.35. The van der Waals surface area contributed by atoms with Gasteiger partial charge in [0.1, 0.15) is 47.3 Å². The fraction of sp³-hybridized carbons (Fsp3) is 0.500. The van der Waals surface area contributed by atoms with E-state index >= 15 is 0 Å². The summed E-state index contributed by atoms with van der Waals surface area (Å²) in [6.07, 6.45) is 11.6. The number of anilines is 4. The Balaban J connectivity index is 0.000000158. The van der Waals surface area contributed by atoms with Crippen LogP contribution < -0.4 is 22.9 Å². The minimum atomic E-state index is -0.469. The van der Waals surface area contributed by atoms with Crippen molar-refractivity contribution in [1.29, 1.82) is 0 Å². The Morgan fingerprint density at radius 1 is 0.484 bits per heavy atom. The lowest BCUT2D eigenvalue weighted by Gasteiger charge is -2.41. The molecule has 16 nitrogen and oxygen atoms in total. The molecular formula is C44H58F2N16. The highest BCUT2D eigenvalue weighted by molar-refractivity contribution is 5.99. The summed E-state index contributed by atoms with van der Waals surface area (Å²) >= 11 is 0. The van der Waals surface area contributed by atoms with Crippen molar-refractivity contribution < 1.29 is 8.78 Å². The van der Waals surface area contributed by atoms with Gasteiger partial charge in [-0.15, -0.1) is 0 Å². The van der Waals surface area contributed by atoms with Crippen molar-refractivity contribution in [1.82, 2.24) is 59.1 Å². The van der Waals surface area contributed by atoms with Gasteiger partial charge in [-0.25, -0.2) is 38.1 Å². The Morgan fingerprint density at radius 3 is 1.19 bits per heavy atom. The van der Waals surface area contributed by atoms with Crippen LogP contribution >= 0.6 is 0 Å². The van der Waals surface area contributed by atoms with E-state index in [1.165, 1.54) is 24.8 Å². The number of nitrogen functional groups attached to an aromatic ring is 4. The molecule has 2 aliphatic carbocycles. The lowest BCUT2D eigenvalue weighted by molar-refractivity contribution is 0.0815. The molecule has 2 aromatic carbocycles. The first kappa shape index (κ1) is 41.8. The normalized spacial score (nSPS) is 23.4. The molecular weight excluding hydrogens is 791 g/mol. The molecule has 0 unspecified atom stereocenters. The second-order valence-corrected chi connectivity index (χ2v) is 17.6. The van der Waals surface area contributed by atoms with Crippen LogP contribution in [0.15, 0.2) is 49.1 Å². The average molecular weight is 849 g/mol. The predicted molar refractivity (Wildman–Crippen MR) is 240 cm³/mol. The van der Waals surface area contributed by atoms with Gasteiger partial charge < -0.3 is 32.7 Å². The number of fused-ring (bicyclic) bond motifs is 2. The average Bonchev–Trinajstić information content (AvgIpc) is 3.88. The highest BCUT2D eigenvalue weighted by Crippen LogP contribution is 2.39. The molecule has 2 saturated heterocycles. The number of nitrogens with two attached hydrogens (primary N) is 4. The Kier molecular flexibility index (Phi) is 11.9. The van der Waals surface area contributed by atoms with E-state index in [2.05, 4.69) is 53.6 Å². The van der Waals surface area contributed by atoms with Gasteiger partial charge in [-0.3, -0.25) is 9.80 Å². The van der Waals surface area contributed by atoms with Crippen molar-refractivity contribution in [3.05, 3.63) is 60.7 Å². The molecule has 8 N–H and O–H groups in total. The van der Waals surface area contributed by atoms with Gasteiger partial charge >= 0.3 is 0 Å². The first-order chi connectivity index (χ1) is 30.0. The van der Waals surface area contributed by atoms with E-state index in [-0.39, 0.29) is 23.5 Å². The van der Waals surface area contributed by atoms with Crippen molar-refractivity contribution in [3.8, 4) is 22.5 Å². The van der Waals surface area contributed by atoms with E-state index in [4.69, 9.17) is 33.1 Å². The molecule has 0 radical (unpaired) electrons. The molecule has 0 bridgehead atoms. The van der Waals surface area contributed by atoms with Crippen LogP contribution in [0, 0.1) is 11.6 Å². The summed E-state index contributed by atoms with van der Waals surface area (Å²) in [6.45, 7) is 9.15. The summed E-state index contributed by atoms with van der Waals surface area (Å²) in [5.74, 6) is -0.226. The fourth-order valence-corrected chi connectivity index (χ4v) is 9.96. The molecule has 6 aromatic rings. The molecule has 4 aliphatic rings. The molecule has 0 atom stereocenters. The molecule has 2 saturated carbocycles. The zero-order chi connectivity index (χ0) is 43.1. The van der Waals surface area contributed by atoms with Crippen LogP contribution in [-0.2, 0) is 0 Å². The van der Waals surface area contributed by atoms with E-state index < -0.39 is 11.6 Å².